The minimum Gasteiger partial charge on any atom is -0.481 e. The average Bonchev–Trinajstić information content (AvgIpc) is 3.16. The zero-order valence-electron chi connectivity index (χ0n) is 14.0. The molecule has 0 spiro atoms. The minimum absolute atomic E-state index is 0.0127. The summed E-state index contributed by atoms with van der Waals surface area (Å²) in [5.74, 6) is -2.50. The van der Waals surface area contributed by atoms with Crippen LogP contribution in [0, 0.1) is 11.8 Å². The van der Waals surface area contributed by atoms with Gasteiger partial charge in [-0.15, -0.1) is 0 Å². The molecule has 3 rings (SSSR count). The number of hydrogen-bond donors (Lipinski definition) is 2. The van der Waals surface area contributed by atoms with Crippen molar-refractivity contribution in [1.82, 2.24) is 4.90 Å². The fraction of sp³-hybridized carbons (Fsp3) is 0.421. The molecule has 2 aliphatic rings. The van der Waals surface area contributed by atoms with Crippen LogP contribution < -0.4 is 5.32 Å². The van der Waals surface area contributed by atoms with Gasteiger partial charge in [0, 0.05) is 24.3 Å². The maximum atomic E-state index is 12.4. The summed E-state index contributed by atoms with van der Waals surface area (Å²) in [6.45, 7) is 1.59. The molecule has 0 saturated carbocycles. The van der Waals surface area contributed by atoms with Gasteiger partial charge in [-0.1, -0.05) is 12.2 Å². The van der Waals surface area contributed by atoms with Crippen LogP contribution in [0.4, 0.5) is 5.69 Å². The van der Waals surface area contributed by atoms with Gasteiger partial charge in [0.25, 0.3) is 5.91 Å². The van der Waals surface area contributed by atoms with Gasteiger partial charge in [0.2, 0.25) is 5.91 Å². The normalized spacial score (nSPS) is 22.6. The van der Waals surface area contributed by atoms with Gasteiger partial charge in [-0.25, -0.2) is 0 Å². The van der Waals surface area contributed by atoms with Gasteiger partial charge in [0.1, 0.15) is 0 Å². The van der Waals surface area contributed by atoms with E-state index in [1.54, 1.807) is 30.3 Å². The van der Waals surface area contributed by atoms with Gasteiger partial charge >= 0.3 is 5.97 Å². The summed E-state index contributed by atoms with van der Waals surface area (Å²) in [4.78, 5) is 37.9. The maximum absolute atomic E-state index is 12.4. The van der Waals surface area contributed by atoms with Crippen LogP contribution in [-0.2, 0) is 9.59 Å². The predicted octanol–water partition coefficient (Wildman–Crippen LogP) is 2.53. The second-order valence-corrected chi connectivity index (χ2v) is 6.56. The van der Waals surface area contributed by atoms with Gasteiger partial charge in [-0.05, 0) is 49.9 Å². The van der Waals surface area contributed by atoms with Crippen molar-refractivity contribution >= 4 is 23.5 Å². The summed E-state index contributed by atoms with van der Waals surface area (Å²) in [6, 6.07) is 6.78. The maximum Gasteiger partial charge on any atom is 0.307 e. The smallest absolute Gasteiger partial charge is 0.307 e. The number of carbonyl (C=O) groups excluding carboxylic acids is 2. The molecule has 0 unspecified atom stereocenters. The topological polar surface area (TPSA) is 86.7 Å². The van der Waals surface area contributed by atoms with Crippen LogP contribution >= 0.6 is 0 Å². The molecule has 2 atom stereocenters. The van der Waals surface area contributed by atoms with Crippen LogP contribution in [0.25, 0.3) is 0 Å². The molecule has 1 heterocycles. The van der Waals surface area contributed by atoms with Gasteiger partial charge in [0.15, 0.2) is 0 Å². The van der Waals surface area contributed by atoms with Crippen LogP contribution in [0.1, 0.15) is 36.0 Å². The summed E-state index contributed by atoms with van der Waals surface area (Å²) in [7, 11) is 0. The van der Waals surface area contributed by atoms with Crippen LogP contribution in [0.5, 0.6) is 0 Å². The molecule has 1 fully saturated rings. The molecule has 6 nitrogen and oxygen atoms in total. The Labute approximate surface area is 146 Å². The number of benzene rings is 1. The summed E-state index contributed by atoms with van der Waals surface area (Å²) >= 11 is 0. The number of carboxylic acid groups (broad SMARTS) is 1. The van der Waals surface area contributed by atoms with Crippen LogP contribution in [-0.4, -0.2) is 40.9 Å². The average molecular weight is 342 g/mol. The van der Waals surface area contributed by atoms with Gasteiger partial charge in [-0.3, -0.25) is 14.4 Å². The van der Waals surface area contributed by atoms with E-state index in [2.05, 4.69) is 5.32 Å². The van der Waals surface area contributed by atoms with Crippen LogP contribution in [0.15, 0.2) is 36.4 Å². The Balaban J connectivity index is 1.64. The number of hydrogen-bond acceptors (Lipinski definition) is 3. The highest BCUT2D eigenvalue weighted by molar-refractivity contribution is 5.97. The van der Waals surface area contributed by atoms with E-state index in [1.807, 2.05) is 11.0 Å². The third-order valence-corrected chi connectivity index (χ3v) is 4.88. The van der Waals surface area contributed by atoms with E-state index in [0.717, 1.165) is 25.9 Å². The Kier molecular flexibility index (Phi) is 5.16. The van der Waals surface area contributed by atoms with E-state index < -0.39 is 17.8 Å². The summed E-state index contributed by atoms with van der Waals surface area (Å²) < 4.78 is 0. The monoisotopic (exact) mass is 342 g/mol. The molecule has 6 heteroatoms. The Hall–Kier alpha value is -2.63. The molecule has 1 saturated heterocycles. The second kappa shape index (κ2) is 7.51. The first-order chi connectivity index (χ1) is 12.1. The second-order valence-electron chi connectivity index (χ2n) is 6.56. The molecule has 0 bridgehead atoms. The molecule has 0 aromatic heterocycles. The molecule has 2 amide bonds. The van der Waals surface area contributed by atoms with Crippen LogP contribution in [0.2, 0.25) is 0 Å². The number of nitrogens with one attached hydrogen (secondary N) is 1. The molecular formula is C19H22N2O4. The van der Waals surface area contributed by atoms with E-state index in [9.17, 15) is 19.5 Å². The Morgan fingerprint density at radius 2 is 1.56 bits per heavy atom. The first-order valence-electron chi connectivity index (χ1n) is 8.64. The molecule has 1 aromatic rings. The molecular weight excluding hydrogens is 320 g/mol. The van der Waals surface area contributed by atoms with Crippen LogP contribution in [0.3, 0.4) is 0 Å². The van der Waals surface area contributed by atoms with Gasteiger partial charge in [-0.2, -0.15) is 0 Å². The number of carbonyl (C=O) groups is 3. The number of carboxylic acids is 1. The van der Waals surface area contributed by atoms with E-state index in [1.165, 1.54) is 0 Å². The SMILES string of the molecule is O=C(O)[C@H]1CC=CC[C@@H]1C(=O)Nc1ccc(C(=O)N2CCCC2)cc1. The summed E-state index contributed by atoms with van der Waals surface area (Å²) in [6.07, 6.45) is 6.54. The molecule has 132 valence electrons. The minimum atomic E-state index is -0.948. The highest BCUT2D eigenvalue weighted by Crippen LogP contribution is 2.27. The standard InChI is InChI=1S/C19H22N2O4/c22-17(15-5-1-2-6-16(15)19(24)25)20-14-9-7-13(8-10-14)18(23)21-11-3-4-12-21/h1-2,7-10,15-16H,3-6,11-12H2,(H,20,22)(H,24,25)/t15-,16-/m0/s1. The summed E-state index contributed by atoms with van der Waals surface area (Å²) in [5, 5.41) is 12.0. The fourth-order valence-electron chi connectivity index (χ4n) is 3.41. The van der Waals surface area contributed by atoms with Crippen molar-refractivity contribution in [3.8, 4) is 0 Å². The first kappa shape index (κ1) is 17.2. The van der Waals surface area contributed by atoms with Crippen molar-refractivity contribution in [2.45, 2.75) is 25.7 Å². The molecule has 1 aliphatic carbocycles. The highest BCUT2D eigenvalue weighted by atomic mass is 16.4. The van der Waals surface area contributed by atoms with Gasteiger partial charge < -0.3 is 15.3 Å². The predicted molar refractivity (Wildman–Crippen MR) is 93.2 cm³/mol. The number of aliphatic carboxylic acids is 1. The molecule has 1 aliphatic heterocycles. The van der Waals surface area contributed by atoms with Crippen molar-refractivity contribution in [2.24, 2.45) is 11.8 Å². The Morgan fingerprint density at radius 3 is 2.16 bits per heavy atom. The number of nitrogens with zero attached hydrogens (tertiary/aromatic N) is 1. The zero-order chi connectivity index (χ0) is 17.8. The lowest BCUT2D eigenvalue weighted by molar-refractivity contribution is -0.146. The lowest BCUT2D eigenvalue weighted by Crippen LogP contribution is -2.34. The molecule has 2 N–H and O–H groups in total. The summed E-state index contributed by atoms with van der Waals surface area (Å²) in [5.41, 5.74) is 1.17. The van der Waals surface area contributed by atoms with E-state index >= 15 is 0 Å². The van der Waals surface area contributed by atoms with Crippen molar-refractivity contribution in [1.29, 1.82) is 0 Å². The number of allylic oxidation sites excluding steroid dienone is 2. The van der Waals surface area contributed by atoms with Crippen molar-refractivity contribution < 1.29 is 19.5 Å². The Bertz CT molecular complexity index is 690. The molecule has 1 aromatic carbocycles. The van der Waals surface area contributed by atoms with E-state index in [-0.39, 0.29) is 11.8 Å². The van der Waals surface area contributed by atoms with E-state index in [0.29, 0.717) is 24.1 Å². The number of likely N-dealkylation sites (tertiary alicyclic amines) is 1. The fourth-order valence-corrected chi connectivity index (χ4v) is 3.41. The molecule has 0 radical (unpaired) electrons. The lowest BCUT2D eigenvalue weighted by atomic mass is 9.82. The van der Waals surface area contributed by atoms with Gasteiger partial charge in [0.05, 0.1) is 11.8 Å². The highest BCUT2D eigenvalue weighted by Gasteiger charge is 2.34. The number of rotatable bonds is 4. The third-order valence-electron chi connectivity index (χ3n) is 4.88. The first-order valence-corrected chi connectivity index (χ1v) is 8.64. The number of anilines is 1. The molecule has 25 heavy (non-hydrogen) atoms. The van der Waals surface area contributed by atoms with Crippen molar-refractivity contribution in [3.63, 3.8) is 0 Å². The third kappa shape index (κ3) is 3.90. The quantitative estimate of drug-likeness (QED) is 0.823. The zero-order valence-corrected chi connectivity index (χ0v) is 14.0. The largest absolute Gasteiger partial charge is 0.481 e. The lowest BCUT2D eigenvalue weighted by Gasteiger charge is -2.24. The van der Waals surface area contributed by atoms with E-state index in [4.69, 9.17) is 0 Å². The van der Waals surface area contributed by atoms with Crippen molar-refractivity contribution in [3.05, 3.63) is 42.0 Å². The Morgan fingerprint density at radius 1 is 0.960 bits per heavy atom. The number of amides is 2. The van der Waals surface area contributed by atoms with Crippen molar-refractivity contribution in [2.75, 3.05) is 18.4 Å².